The Morgan fingerprint density at radius 3 is 1.81 bits per heavy atom. The monoisotopic (exact) mass is 368 g/mol. The normalized spacial score (nSPS) is 22.0. The molecule has 2 atom stereocenters. The summed E-state index contributed by atoms with van der Waals surface area (Å²) in [5.74, 6) is 0. The van der Waals surface area contributed by atoms with Crippen molar-refractivity contribution < 1.29 is 9.53 Å². The first-order chi connectivity index (χ1) is 12.4. The molecule has 0 unspecified atom stereocenters. The fourth-order valence-corrected chi connectivity index (χ4v) is 9.05. The Balaban J connectivity index is 2.14. The van der Waals surface area contributed by atoms with E-state index in [-0.39, 0.29) is 17.2 Å². The SMILES string of the molecule is CC(C)(C)[Si](O[C@@H]1CCCCC[C@H]1O)(c1ccccc1)c1ccccc1. The Kier molecular flexibility index (Phi) is 6.01. The molecule has 1 aliphatic carbocycles. The smallest absolute Gasteiger partial charge is 0.261 e. The lowest BCUT2D eigenvalue weighted by Gasteiger charge is -2.45. The van der Waals surface area contributed by atoms with Crippen molar-refractivity contribution in [2.24, 2.45) is 0 Å². The standard InChI is InChI=1S/C23H32O2Si/c1-23(2,3)26(19-13-7-4-8-14-19,20-15-9-5-10-16-20)25-22-18-12-6-11-17-21(22)24/h4-5,7-10,13-16,21-22,24H,6,11-12,17-18H2,1-3H3/t21-,22-/m1/s1. The van der Waals surface area contributed by atoms with E-state index in [0.29, 0.717) is 0 Å². The first-order valence-corrected chi connectivity index (χ1v) is 11.8. The largest absolute Gasteiger partial charge is 0.402 e. The van der Waals surface area contributed by atoms with Crippen molar-refractivity contribution in [3.63, 3.8) is 0 Å². The van der Waals surface area contributed by atoms with Gasteiger partial charge in [-0.15, -0.1) is 0 Å². The van der Waals surface area contributed by atoms with Gasteiger partial charge in [-0.3, -0.25) is 0 Å². The fourth-order valence-electron chi connectivity index (χ4n) is 4.31. The maximum atomic E-state index is 10.8. The molecule has 0 saturated heterocycles. The van der Waals surface area contributed by atoms with Gasteiger partial charge in [-0.1, -0.05) is 101 Å². The van der Waals surface area contributed by atoms with Crippen LogP contribution in [-0.2, 0) is 4.43 Å². The van der Waals surface area contributed by atoms with E-state index in [4.69, 9.17) is 4.43 Å². The highest BCUT2D eigenvalue weighted by Crippen LogP contribution is 2.39. The lowest BCUT2D eigenvalue weighted by molar-refractivity contribution is 0.0259. The zero-order valence-corrected chi connectivity index (χ0v) is 17.3. The number of aliphatic hydroxyl groups excluding tert-OH is 1. The van der Waals surface area contributed by atoms with Crippen molar-refractivity contribution in [1.29, 1.82) is 0 Å². The topological polar surface area (TPSA) is 29.5 Å². The van der Waals surface area contributed by atoms with Gasteiger partial charge in [0.15, 0.2) is 0 Å². The molecule has 0 heterocycles. The Hall–Kier alpha value is -1.42. The van der Waals surface area contributed by atoms with E-state index in [2.05, 4.69) is 81.4 Å². The summed E-state index contributed by atoms with van der Waals surface area (Å²) < 4.78 is 7.10. The highest BCUT2D eigenvalue weighted by Gasteiger charge is 2.52. The van der Waals surface area contributed by atoms with Gasteiger partial charge in [0, 0.05) is 0 Å². The van der Waals surface area contributed by atoms with Crippen molar-refractivity contribution in [3.05, 3.63) is 60.7 Å². The lowest BCUT2D eigenvalue weighted by atomic mass is 10.1. The van der Waals surface area contributed by atoms with Crippen LogP contribution in [0.4, 0.5) is 0 Å². The van der Waals surface area contributed by atoms with Crippen molar-refractivity contribution in [2.75, 3.05) is 0 Å². The Bertz CT molecular complexity index is 639. The molecule has 0 spiro atoms. The summed E-state index contributed by atoms with van der Waals surface area (Å²) in [6, 6.07) is 21.4. The number of hydrogen-bond donors (Lipinski definition) is 1. The molecule has 1 N–H and O–H groups in total. The molecule has 2 nitrogen and oxygen atoms in total. The van der Waals surface area contributed by atoms with Gasteiger partial charge in [0.2, 0.25) is 0 Å². The molecule has 1 aliphatic rings. The highest BCUT2D eigenvalue weighted by molar-refractivity contribution is 6.99. The number of aliphatic hydroxyl groups is 1. The van der Waals surface area contributed by atoms with Crippen molar-refractivity contribution in [3.8, 4) is 0 Å². The van der Waals surface area contributed by atoms with Crippen LogP contribution in [0.15, 0.2) is 60.7 Å². The van der Waals surface area contributed by atoms with Gasteiger partial charge < -0.3 is 9.53 Å². The molecule has 26 heavy (non-hydrogen) atoms. The molecule has 0 bridgehead atoms. The molecule has 3 heteroatoms. The third-order valence-corrected chi connectivity index (χ3v) is 10.7. The predicted molar refractivity (Wildman–Crippen MR) is 112 cm³/mol. The van der Waals surface area contributed by atoms with E-state index >= 15 is 0 Å². The number of hydrogen-bond acceptors (Lipinski definition) is 2. The van der Waals surface area contributed by atoms with Crippen molar-refractivity contribution >= 4 is 18.7 Å². The molecule has 2 aromatic rings. The molecule has 0 radical (unpaired) electrons. The minimum absolute atomic E-state index is 0.0399. The van der Waals surface area contributed by atoms with Crippen LogP contribution in [-0.4, -0.2) is 25.6 Å². The first kappa shape index (κ1) is 19.3. The van der Waals surface area contributed by atoms with Gasteiger partial charge in [-0.25, -0.2) is 0 Å². The average Bonchev–Trinajstić information content (AvgIpc) is 2.84. The van der Waals surface area contributed by atoms with Gasteiger partial charge in [0.1, 0.15) is 0 Å². The van der Waals surface area contributed by atoms with Crippen LogP contribution in [0.2, 0.25) is 5.04 Å². The predicted octanol–water partition coefficient (Wildman–Crippen LogP) is 4.26. The van der Waals surface area contributed by atoms with Crippen LogP contribution in [0.1, 0.15) is 52.9 Å². The summed E-state index contributed by atoms with van der Waals surface area (Å²) in [4.78, 5) is 0. The summed E-state index contributed by atoms with van der Waals surface area (Å²) in [6.45, 7) is 6.88. The fraction of sp³-hybridized carbons (Fsp3) is 0.478. The Labute approximate surface area is 159 Å². The van der Waals surface area contributed by atoms with Crippen LogP contribution < -0.4 is 10.4 Å². The van der Waals surface area contributed by atoms with Crippen LogP contribution in [0.3, 0.4) is 0 Å². The van der Waals surface area contributed by atoms with E-state index in [1.165, 1.54) is 16.8 Å². The number of rotatable bonds is 4. The zero-order chi connectivity index (χ0) is 18.6. The second-order valence-corrected chi connectivity index (χ2v) is 12.8. The van der Waals surface area contributed by atoms with Crippen LogP contribution in [0.5, 0.6) is 0 Å². The second kappa shape index (κ2) is 8.08. The summed E-state index contributed by atoms with van der Waals surface area (Å²) >= 11 is 0. The third kappa shape index (κ3) is 3.80. The Morgan fingerprint density at radius 2 is 1.31 bits per heavy atom. The minimum atomic E-state index is -2.56. The van der Waals surface area contributed by atoms with Gasteiger partial charge in [0.05, 0.1) is 12.2 Å². The molecule has 3 rings (SSSR count). The van der Waals surface area contributed by atoms with Gasteiger partial charge >= 0.3 is 0 Å². The second-order valence-electron chi connectivity index (χ2n) is 8.52. The summed E-state index contributed by atoms with van der Waals surface area (Å²) in [7, 11) is -2.56. The molecule has 140 valence electrons. The van der Waals surface area contributed by atoms with Gasteiger partial charge in [-0.05, 0) is 28.3 Å². The van der Waals surface area contributed by atoms with Crippen molar-refractivity contribution in [1.82, 2.24) is 0 Å². The summed E-state index contributed by atoms with van der Waals surface area (Å²) in [6.07, 6.45) is 4.79. The van der Waals surface area contributed by atoms with Crippen molar-refractivity contribution in [2.45, 2.75) is 70.1 Å². The van der Waals surface area contributed by atoms with E-state index in [0.717, 1.165) is 25.7 Å². The minimum Gasteiger partial charge on any atom is -0.402 e. The molecular weight excluding hydrogens is 336 g/mol. The van der Waals surface area contributed by atoms with E-state index in [1.807, 2.05) is 0 Å². The number of benzene rings is 2. The Morgan fingerprint density at radius 1 is 0.808 bits per heavy atom. The summed E-state index contributed by atoms with van der Waals surface area (Å²) in [5.41, 5.74) is 0. The van der Waals surface area contributed by atoms with Crippen LogP contribution >= 0.6 is 0 Å². The van der Waals surface area contributed by atoms with E-state index in [1.54, 1.807) is 0 Å². The molecule has 0 aliphatic heterocycles. The lowest BCUT2D eigenvalue weighted by Crippen LogP contribution is -2.68. The van der Waals surface area contributed by atoms with Crippen LogP contribution in [0, 0.1) is 0 Å². The highest BCUT2D eigenvalue weighted by atomic mass is 28.4. The molecule has 1 saturated carbocycles. The molecular formula is C23H32O2Si. The molecule has 0 aromatic heterocycles. The molecule has 1 fully saturated rings. The van der Waals surface area contributed by atoms with Crippen LogP contribution in [0.25, 0.3) is 0 Å². The third-order valence-electron chi connectivity index (χ3n) is 5.66. The van der Waals surface area contributed by atoms with E-state index in [9.17, 15) is 5.11 Å². The zero-order valence-electron chi connectivity index (χ0n) is 16.3. The van der Waals surface area contributed by atoms with Gasteiger partial charge in [-0.2, -0.15) is 0 Å². The maximum absolute atomic E-state index is 10.8. The first-order valence-electron chi connectivity index (χ1n) is 9.92. The average molecular weight is 369 g/mol. The molecule has 2 aromatic carbocycles. The van der Waals surface area contributed by atoms with E-state index < -0.39 is 8.32 Å². The molecule has 0 amide bonds. The quantitative estimate of drug-likeness (QED) is 0.645. The van der Waals surface area contributed by atoms with Gasteiger partial charge in [0.25, 0.3) is 8.32 Å². The maximum Gasteiger partial charge on any atom is 0.261 e. The summed E-state index contributed by atoms with van der Waals surface area (Å²) in [5, 5.41) is 13.3.